The van der Waals surface area contributed by atoms with Crippen molar-refractivity contribution in [3.8, 4) is 0 Å². The number of hydrogen-bond acceptors (Lipinski definition) is 3. The van der Waals surface area contributed by atoms with Crippen molar-refractivity contribution in [2.45, 2.75) is 38.5 Å². The van der Waals surface area contributed by atoms with Crippen LogP contribution < -0.4 is 0 Å². The van der Waals surface area contributed by atoms with Crippen molar-refractivity contribution in [2.75, 3.05) is 12.5 Å². The molecule has 1 N–H and O–H groups in total. The molecule has 0 unspecified atom stereocenters. The fourth-order valence-electron chi connectivity index (χ4n) is 7.57. The molecule has 58 heavy (non-hydrogen) atoms. The number of pyridine rings is 2. The van der Waals surface area contributed by atoms with E-state index in [9.17, 15) is 5.11 Å². The molecule has 0 bridgehead atoms. The summed E-state index contributed by atoms with van der Waals surface area (Å²) in [6.45, 7) is 0.222. The molecule has 2 heterocycles. The highest BCUT2D eigenvalue weighted by molar-refractivity contribution is 6.17. The van der Waals surface area contributed by atoms with Gasteiger partial charge in [0.2, 0.25) is 0 Å². The third-order valence-corrected chi connectivity index (χ3v) is 10.6. The first-order valence-electron chi connectivity index (χ1n) is 20.3. The number of aliphatic hydroxyl groups excluding tert-OH is 1. The van der Waals surface area contributed by atoms with Crippen LogP contribution in [0.25, 0.3) is 44.1 Å². The fraction of sp³-hybridized carbons (Fsp3) is 0.148. The molecule has 4 heteroatoms. The molecule has 0 aliphatic rings. The standard InChI is InChI=1S/C27H24ClN.C27H25NO/c28-18-10-9-16-25(21-11-3-1-4-12-21)27(22-13-5-2-6-14-22)24-19-23-15-7-8-17-26(23)29-20-24;29-18-10-9-16-25(21-11-3-1-4-12-21)27(22-13-5-2-6-14-22)24-19-23-15-7-8-17-26(23)28-20-24/h1-8,11-15,17,19-20H,9-10,16,18H2;1-8,11-15,17,19-20,29H,9-10,16,18H2/b2*27-25-. The van der Waals surface area contributed by atoms with Gasteiger partial charge in [-0.25, -0.2) is 0 Å². The number of rotatable bonds is 14. The number of allylic oxidation sites excluding steroid dienone is 2. The van der Waals surface area contributed by atoms with Crippen LogP contribution in [0.4, 0.5) is 0 Å². The molecular formula is C54H49ClN2O. The number of nitrogens with zero attached hydrogens (tertiary/aromatic N) is 2. The van der Waals surface area contributed by atoms with Crippen molar-refractivity contribution in [1.29, 1.82) is 0 Å². The van der Waals surface area contributed by atoms with Crippen LogP contribution in [-0.4, -0.2) is 27.6 Å². The Labute approximate surface area is 348 Å². The molecule has 0 aliphatic carbocycles. The minimum Gasteiger partial charge on any atom is -0.396 e. The van der Waals surface area contributed by atoms with E-state index in [1.807, 2.05) is 36.7 Å². The molecule has 0 aliphatic heterocycles. The predicted molar refractivity (Wildman–Crippen MR) is 247 cm³/mol. The Bertz CT molecular complexity index is 2390. The number of halogens is 1. The first-order chi connectivity index (χ1) is 28.7. The lowest BCUT2D eigenvalue weighted by Gasteiger charge is -2.18. The Hall–Kier alpha value is -6.13. The lowest BCUT2D eigenvalue weighted by Crippen LogP contribution is -1.97. The van der Waals surface area contributed by atoms with E-state index in [0.717, 1.165) is 71.5 Å². The Morgan fingerprint density at radius 3 is 1.16 bits per heavy atom. The van der Waals surface area contributed by atoms with Gasteiger partial charge in [-0.15, -0.1) is 11.6 Å². The smallest absolute Gasteiger partial charge is 0.0702 e. The number of hydrogen-bond donors (Lipinski definition) is 1. The molecule has 0 atom stereocenters. The zero-order chi connectivity index (χ0) is 39.8. The average Bonchev–Trinajstić information content (AvgIpc) is 3.30. The van der Waals surface area contributed by atoms with E-state index in [2.05, 4.69) is 158 Å². The Kier molecular flexibility index (Phi) is 14.4. The summed E-state index contributed by atoms with van der Waals surface area (Å²) in [5, 5.41) is 11.6. The lowest BCUT2D eigenvalue weighted by atomic mass is 9.87. The molecular weight excluding hydrogens is 728 g/mol. The first-order valence-corrected chi connectivity index (χ1v) is 20.8. The van der Waals surface area contributed by atoms with Gasteiger partial charge in [-0.3, -0.25) is 9.97 Å². The van der Waals surface area contributed by atoms with Gasteiger partial charge >= 0.3 is 0 Å². The Morgan fingerprint density at radius 1 is 0.397 bits per heavy atom. The van der Waals surface area contributed by atoms with Gasteiger partial charge in [-0.1, -0.05) is 158 Å². The Balaban J connectivity index is 0.000000177. The summed E-state index contributed by atoms with van der Waals surface area (Å²) >= 11 is 5.98. The van der Waals surface area contributed by atoms with Gasteiger partial charge in [0.05, 0.1) is 11.0 Å². The van der Waals surface area contributed by atoms with Crippen LogP contribution in [0.15, 0.2) is 194 Å². The van der Waals surface area contributed by atoms with Gasteiger partial charge in [-0.2, -0.15) is 0 Å². The van der Waals surface area contributed by atoms with Gasteiger partial charge in [0.15, 0.2) is 0 Å². The summed E-state index contributed by atoms with van der Waals surface area (Å²) in [6.07, 6.45) is 9.69. The van der Waals surface area contributed by atoms with E-state index in [0.29, 0.717) is 5.88 Å². The molecule has 0 amide bonds. The van der Waals surface area contributed by atoms with Crippen LogP contribution in [0.1, 0.15) is 71.9 Å². The van der Waals surface area contributed by atoms with Gasteiger partial charge < -0.3 is 5.11 Å². The van der Waals surface area contributed by atoms with Gasteiger partial charge in [0, 0.05) is 46.8 Å². The Morgan fingerprint density at radius 2 is 0.759 bits per heavy atom. The molecule has 8 rings (SSSR count). The van der Waals surface area contributed by atoms with Crippen LogP contribution in [-0.2, 0) is 0 Å². The number of unbranched alkanes of at least 4 members (excludes halogenated alkanes) is 2. The zero-order valence-corrected chi connectivity index (χ0v) is 33.6. The second-order valence-corrected chi connectivity index (χ2v) is 14.7. The minimum absolute atomic E-state index is 0.222. The summed E-state index contributed by atoms with van der Waals surface area (Å²) < 4.78 is 0. The molecule has 0 fully saturated rings. The maximum absolute atomic E-state index is 9.31. The van der Waals surface area contributed by atoms with Crippen molar-refractivity contribution in [2.24, 2.45) is 0 Å². The maximum atomic E-state index is 9.31. The SMILES string of the molecule is ClCCCC/C(=C(\c1ccccc1)c1cnc2ccccc2c1)c1ccccc1.OCCCC/C(=C(\c1ccccc1)c1cnc2ccccc2c1)c1ccccc1. The number of aliphatic hydroxyl groups is 1. The fourth-order valence-corrected chi connectivity index (χ4v) is 7.76. The van der Waals surface area contributed by atoms with E-state index < -0.39 is 0 Å². The molecule has 3 nitrogen and oxygen atoms in total. The molecule has 0 spiro atoms. The van der Waals surface area contributed by atoms with Crippen LogP contribution >= 0.6 is 11.6 Å². The third kappa shape index (κ3) is 10.2. The van der Waals surface area contributed by atoms with Crippen molar-refractivity contribution in [3.63, 3.8) is 0 Å². The van der Waals surface area contributed by atoms with Gasteiger partial charge in [0.25, 0.3) is 0 Å². The summed E-state index contributed by atoms with van der Waals surface area (Å²) in [6, 6.07) is 63.5. The van der Waals surface area contributed by atoms with Crippen LogP contribution in [0, 0.1) is 0 Å². The highest BCUT2D eigenvalue weighted by Crippen LogP contribution is 2.37. The van der Waals surface area contributed by atoms with E-state index in [-0.39, 0.29) is 6.61 Å². The van der Waals surface area contributed by atoms with E-state index >= 15 is 0 Å². The maximum Gasteiger partial charge on any atom is 0.0702 e. The normalized spacial score (nSPS) is 12.0. The molecule has 288 valence electrons. The number of aromatic nitrogens is 2. The zero-order valence-electron chi connectivity index (χ0n) is 32.9. The topological polar surface area (TPSA) is 46.0 Å². The second-order valence-electron chi connectivity index (χ2n) is 14.3. The summed E-state index contributed by atoms with van der Waals surface area (Å²) in [5.41, 5.74) is 14.3. The van der Waals surface area contributed by atoms with Crippen molar-refractivity contribution in [3.05, 3.63) is 228 Å². The quantitative estimate of drug-likeness (QED) is 0.0679. The van der Waals surface area contributed by atoms with Gasteiger partial charge in [0.1, 0.15) is 0 Å². The van der Waals surface area contributed by atoms with Crippen LogP contribution in [0.2, 0.25) is 0 Å². The molecule has 0 radical (unpaired) electrons. The molecule has 2 aromatic heterocycles. The first kappa shape index (κ1) is 40.1. The highest BCUT2D eigenvalue weighted by atomic mass is 35.5. The van der Waals surface area contributed by atoms with E-state index in [1.54, 1.807) is 0 Å². The molecule has 8 aromatic rings. The van der Waals surface area contributed by atoms with Gasteiger partial charge in [-0.05, 0) is 107 Å². The number of fused-ring (bicyclic) bond motifs is 2. The molecule has 0 saturated heterocycles. The predicted octanol–water partition coefficient (Wildman–Crippen LogP) is 14.0. The minimum atomic E-state index is 0.222. The summed E-state index contributed by atoms with van der Waals surface area (Å²) in [4.78, 5) is 9.47. The van der Waals surface area contributed by atoms with Crippen molar-refractivity contribution >= 4 is 55.7 Å². The van der Waals surface area contributed by atoms with Crippen molar-refractivity contribution < 1.29 is 5.11 Å². The van der Waals surface area contributed by atoms with Crippen molar-refractivity contribution in [1.82, 2.24) is 9.97 Å². The average molecular weight is 777 g/mol. The molecule has 0 saturated carbocycles. The van der Waals surface area contributed by atoms with Crippen LogP contribution in [0.3, 0.4) is 0 Å². The number of benzene rings is 6. The number of alkyl halides is 1. The summed E-state index contributed by atoms with van der Waals surface area (Å²) in [5.74, 6) is 0.695. The second kappa shape index (κ2) is 20.9. The summed E-state index contributed by atoms with van der Waals surface area (Å²) in [7, 11) is 0. The van der Waals surface area contributed by atoms with E-state index in [4.69, 9.17) is 21.6 Å². The monoisotopic (exact) mass is 776 g/mol. The largest absolute Gasteiger partial charge is 0.396 e. The molecule has 6 aromatic carbocycles. The van der Waals surface area contributed by atoms with E-state index in [1.165, 1.54) is 44.5 Å². The lowest BCUT2D eigenvalue weighted by molar-refractivity contribution is 0.285. The van der Waals surface area contributed by atoms with Crippen LogP contribution in [0.5, 0.6) is 0 Å². The number of para-hydroxylation sites is 2. The third-order valence-electron chi connectivity index (χ3n) is 10.4. The highest BCUT2D eigenvalue weighted by Gasteiger charge is 2.16.